The Kier molecular flexibility index (Phi) is 5.13. The smallest absolute Gasteiger partial charge is 0.350 e. The standard InChI is InChI=1S/C16H22N6O3/c17-6-7-18-15(24)12-4-3-8-20(10-12)14(23)11-22-16(25)21-9-2-1-5-13(21)19-22/h1-2,5,9,12H,3-4,6-8,10-11,17H2,(H,18,24). The van der Waals surface area contributed by atoms with Crippen LogP contribution in [0.1, 0.15) is 12.8 Å². The lowest BCUT2D eigenvalue weighted by atomic mass is 9.97. The topological polar surface area (TPSA) is 115 Å². The monoisotopic (exact) mass is 346 g/mol. The van der Waals surface area contributed by atoms with E-state index in [0.29, 0.717) is 31.8 Å². The molecular formula is C16H22N6O3. The second-order valence-electron chi connectivity index (χ2n) is 6.13. The molecule has 9 nitrogen and oxygen atoms in total. The van der Waals surface area contributed by atoms with Crippen molar-refractivity contribution in [2.45, 2.75) is 19.4 Å². The number of carbonyl (C=O) groups is 2. The van der Waals surface area contributed by atoms with Crippen molar-refractivity contribution >= 4 is 17.5 Å². The Bertz CT molecular complexity index is 827. The Balaban J connectivity index is 1.67. The molecule has 3 N–H and O–H groups in total. The lowest BCUT2D eigenvalue weighted by molar-refractivity contribution is -0.136. The number of amides is 2. The van der Waals surface area contributed by atoms with Crippen molar-refractivity contribution in [1.29, 1.82) is 0 Å². The van der Waals surface area contributed by atoms with E-state index >= 15 is 0 Å². The summed E-state index contributed by atoms with van der Waals surface area (Å²) in [4.78, 5) is 38.5. The van der Waals surface area contributed by atoms with Crippen molar-refractivity contribution in [3.05, 3.63) is 34.9 Å². The Morgan fingerprint density at radius 1 is 1.36 bits per heavy atom. The molecule has 2 aromatic rings. The summed E-state index contributed by atoms with van der Waals surface area (Å²) in [6, 6.07) is 5.22. The first-order chi connectivity index (χ1) is 12.1. The lowest BCUT2D eigenvalue weighted by Crippen LogP contribution is -2.47. The van der Waals surface area contributed by atoms with Crippen LogP contribution >= 0.6 is 0 Å². The highest BCUT2D eigenvalue weighted by molar-refractivity contribution is 5.81. The summed E-state index contributed by atoms with van der Waals surface area (Å²) in [6.45, 7) is 1.63. The molecule has 3 heterocycles. The molecular weight excluding hydrogens is 324 g/mol. The van der Waals surface area contributed by atoms with Crippen molar-refractivity contribution in [2.75, 3.05) is 26.2 Å². The summed E-state index contributed by atoms with van der Waals surface area (Å²) in [5.74, 6) is -0.517. The molecule has 1 atom stereocenters. The van der Waals surface area contributed by atoms with Crippen LogP contribution in [0.25, 0.3) is 5.65 Å². The van der Waals surface area contributed by atoms with Crippen LogP contribution < -0.4 is 16.7 Å². The number of hydrogen-bond donors (Lipinski definition) is 2. The predicted octanol–water partition coefficient (Wildman–Crippen LogP) is -1.19. The average Bonchev–Trinajstić information content (AvgIpc) is 2.95. The first-order valence-electron chi connectivity index (χ1n) is 8.40. The number of nitrogens with two attached hydrogens (primary N) is 1. The fraction of sp³-hybridized carbons (Fsp3) is 0.500. The van der Waals surface area contributed by atoms with E-state index in [2.05, 4.69) is 10.4 Å². The second-order valence-corrected chi connectivity index (χ2v) is 6.13. The summed E-state index contributed by atoms with van der Waals surface area (Å²) in [5.41, 5.74) is 5.54. The van der Waals surface area contributed by atoms with Crippen LogP contribution in [-0.2, 0) is 16.1 Å². The van der Waals surface area contributed by atoms with Crippen LogP contribution in [0.3, 0.4) is 0 Å². The van der Waals surface area contributed by atoms with Gasteiger partial charge in [-0.25, -0.2) is 9.48 Å². The quantitative estimate of drug-likeness (QED) is 0.706. The molecule has 9 heteroatoms. The SMILES string of the molecule is NCCNC(=O)C1CCCN(C(=O)Cn2nc3ccccn3c2=O)C1. The number of likely N-dealkylation sites (tertiary alicyclic amines) is 1. The fourth-order valence-electron chi connectivity index (χ4n) is 3.06. The van der Waals surface area contributed by atoms with E-state index in [0.717, 1.165) is 17.5 Å². The van der Waals surface area contributed by atoms with Gasteiger partial charge in [-0.2, -0.15) is 0 Å². The van der Waals surface area contributed by atoms with E-state index in [1.165, 1.54) is 4.40 Å². The number of pyridine rings is 1. The third-order valence-electron chi connectivity index (χ3n) is 4.36. The Labute approximate surface area is 144 Å². The molecule has 0 radical (unpaired) electrons. The molecule has 1 unspecified atom stereocenters. The van der Waals surface area contributed by atoms with Crippen LogP contribution in [0.15, 0.2) is 29.2 Å². The van der Waals surface area contributed by atoms with Gasteiger partial charge in [0.2, 0.25) is 11.8 Å². The highest BCUT2D eigenvalue weighted by Gasteiger charge is 2.28. The minimum Gasteiger partial charge on any atom is -0.355 e. The van der Waals surface area contributed by atoms with E-state index in [4.69, 9.17) is 5.73 Å². The van der Waals surface area contributed by atoms with E-state index in [-0.39, 0.29) is 30.0 Å². The largest absolute Gasteiger partial charge is 0.355 e. The number of rotatable bonds is 5. The van der Waals surface area contributed by atoms with E-state index in [1.807, 2.05) is 0 Å². The number of hydrogen-bond acceptors (Lipinski definition) is 5. The van der Waals surface area contributed by atoms with Gasteiger partial charge in [0.25, 0.3) is 0 Å². The number of aromatic nitrogens is 3. The summed E-state index contributed by atoms with van der Waals surface area (Å²) in [6.07, 6.45) is 3.12. The van der Waals surface area contributed by atoms with Crippen molar-refractivity contribution in [3.63, 3.8) is 0 Å². The first-order valence-corrected chi connectivity index (χ1v) is 8.40. The summed E-state index contributed by atoms with van der Waals surface area (Å²) < 4.78 is 2.56. The maximum Gasteiger partial charge on any atom is 0.350 e. The molecule has 2 aromatic heterocycles. The number of nitrogens with zero attached hydrogens (tertiary/aromatic N) is 4. The zero-order chi connectivity index (χ0) is 17.8. The third kappa shape index (κ3) is 3.71. The average molecular weight is 346 g/mol. The molecule has 1 aliphatic rings. The second kappa shape index (κ2) is 7.47. The van der Waals surface area contributed by atoms with Crippen LogP contribution in [0.4, 0.5) is 0 Å². The zero-order valence-electron chi connectivity index (χ0n) is 13.9. The molecule has 0 spiro atoms. The van der Waals surface area contributed by atoms with E-state index < -0.39 is 0 Å². The van der Waals surface area contributed by atoms with Gasteiger partial charge in [0.15, 0.2) is 5.65 Å². The van der Waals surface area contributed by atoms with Crippen molar-refractivity contribution in [2.24, 2.45) is 11.7 Å². The van der Waals surface area contributed by atoms with Gasteiger partial charge < -0.3 is 16.0 Å². The first kappa shape index (κ1) is 17.2. The van der Waals surface area contributed by atoms with Gasteiger partial charge in [-0.1, -0.05) is 6.07 Å². The van der Waals surface area contributed by atoms with E-state index in [9.17, 15) is 14.4 Å². The molecule has 0 aromatic carbocycles. The molecule has 134 valence electrons. The molecule has 0 saturated carbocycles. The van der Waals surface area contributed by atoms with Gasteiger partial charge in [-0.05, 0) is 25.0 Å². The van der Waals surface area contributed by atoms with Crippen LogP contribution in [0, 0.1) is 5.92 Å². The normalized spacial score (nSPS) is 17.6. The van der Waals surface area contributed by atoms with Gasteiger partial charge in [0.05, 0.1) is 5.92 Å². The van der Waals surface area contributed by atoms with Crippen molar-refractivity contribution < 1.29 is 9.59 Å². The molecule has 25 heavy (non-hydrogen) atoms. The Morgan fingerprint density at radius 3 is 2.96 bits per heavy atom. The third-order valence-corrected chi connectivity index (χ3v) is 4.36. The summed E-state index contributed by atoms with van der Waals surface area (Å²) in [7, 11) is 0. The van der Waals surface area contributed by atoms with Crippen molar-refractivity contribution in [3.8, 4) is 0 Å². The number of fused-ring (bicyclic) bond motifs is 1. The van der Waals surface area contributed by atoms with Gasteiger partial charge in [-0.15, -0.1) is 5.10 Å². The van der Waals surface area contributed by atoms with Crippen LogP contribution in [-0.4, -0.2) is 57.1 Å². The lowest BCUT2D eigenvalue weighted by Gasteiger charge is -2.32. The fourth-order valence-corrected chi connectivity index (χ4v) is 3.06. The summed E-state index contributed by atoms with van der Waals surface area (Å²) in [5, 5.41) is 6.93. The van der Waals surface area contributed by atoms with Gasteiger partial charge in [-0.3, -0.25) is 14.0 Å². The predicted molar refractivity (Wildman–Crippen MR) is 90.8 cm³/mol. The van der Waals surface area contributed by atoms with Gasteiger partial charge in [0.1, 0.15) is 6.54 Å². The minimum absolute atomic E-state index is 0.0761. The molecule has 1 fully saturated rings. The maximum atomic E-state index is 12.5. The molecule has 3 rings (SSSR count). The number of piperidine rings is 1. The highest BCUT2D eigenvalue weighted by Crippen LogP contribution is 2.17. The van der Waals surface area contributed by atoms with Crippen LogP contribution in [0.5, 0.6) is 0 Å². The molecule has 0 aliphatic carbocycles. The van der Waals surface area contributed by atoms with Crippen LogP contribution in [0.2, 0.25) is 0 Å². The Morgan fingerprint density at radius 2 is 2.20 bits per heavy atom. The minimum atomic E-state index is -0.349. The molecule has 1 saturated heterocycles. The Hall–Kier alpha value is -2.68. The zero-order valence-corrected chi connectivity index (χ0v) is 13.9. The molecule has 0 bridgehead atoms. The maximum absolute atomic E-state index is 12.5. The van der Waals surface area contributed by atoms with Crippen molar-refractivity contribution in [1.82, 2.24) is 24.4 Å². The highest BCUT2D eigenvalue weighted by atomic mass is 16.2. The number of nitrogens with one attached hydrogen (secondary N) is 1. The van der Waals surface area contributed by atoms with E-state index in [1.54, 1.807) is 29.3 Å². The van der Waals surface area contributed by atoms with Gasteiger partial charge >= 0.3 is 5.69 Å². The summed E-state index contributed by atoms with van der Waals surface area (Å²) >= 11 is 0. The molecule has 2 amide bonds. The number of carbonyl (C=O) groups excluding carboxylic acids is 2. The molecule has 1 aliphatic heterocycles. The van der Waals surface area contributed by atoms with Gasteiger partial charge in [0, 0.05) is 32.4 Å².